The van der Waals surface area contributed by atoms with E-state index >= 15 is 0 Å². The van der Waals surface area contributed by atoms with Crippen LogP contribution in [0.15, 0.2) is 65.5 Å². The van der Waals surface area contributed by atoms with Crippen molar-refractivity contribution in [2.24, 2.45) is 0 Å². The molecule has 0 radical (unpaired) electrons. The van der Waals surface area contributed by atoms with Gasteiger partial charge in [0.2, 0.25) is 0 Å². The van der Waals surface area contributed by atoms with Gasteiger partial charge >= 0.3 is 0 Å². The van der Waals surface area contributed by atoms with Crippen molar-refractivity contribution in [1.82, 2.24) is 8.96 Å². The molecule has 1 aromatic carbocycles. The summed E-state index contributed by atoms with van der Waals surface area (Å²) in [7, 11) is -3.80. The maximum absolute atomic E-state index is 13.3. The van der Waals surface area contributed by atoms with Gasteiger partial charge in [-0.15, -0.1) is 0 Å². The lowest BCUT2D eigenvalue weighted by molar-refractivity contribution is 0.124. The van der Waals surface area contributed by atoms with Gasteiger partial charge in [0.15, 0.2) is 5.03 Å². The number of ether oxygens (including phenoxy) is 1. The van der Waals surface area contributed by atoms with Gasteiger partial charge in [0, 0.05) is 23.3 Å². The van der Waals surface area contributed by atoms with E-state index in [0.29, 0.717) is 18.0 Å². The molecule has 140 valence electrons. The number of pyridine rings is 1. The summed E-state index contributed by atoms with van der Waals surface area (Å²) in [6.45, 7) is 6.74. The van der Waals surface area contributed by atoms with E-state index in [1.54, 1.807) is 18.3 Å². The third-order valence-electron chi connectivity index (χ3n) is 5.02. The molecule has 0 N–H and O–H groups in total. The molecular weight excluding hydrogens is 360 g/mol. The number of aromatic nitrogens is 2. The second-order valence-electron chi connectivity index (χ2n) is 7.15. The van der Waals surface area contributed by atoms with Crippen LogP contribution >= 0.6 is 0 Å². The Hall–Kier alpha value is -2.44. The second-order valence-corrected chi connectivity index (χ2v) is 8.91. The first-order chi connectivity index (χ1) is 12.9. The fourth-order valence-electron chi connectivity index (χ4n) is 3.46. The van der Waals surface area contributed by atoms with E-state index in [0.717, 1.165) is 22.1 Å². The Bertz CT molecular complexity index is 1130. The third-order valence-corrected chi connectivity index (χ3v) is 6.61. The van der Waals surface area contributed by atoms with Crippen LogP contribution in [0.5, 0.6) is 0 Å². The van der Waals surface area contributed by atoms with Crippen LogP contribution in [-0.4, -0.2) is 24.0 Å². The van der Waals surface area contributed by atoms with Crippen molar-refractivity contribution in [3.05, 3.63) is 71.6 Å². The fraction of sp³-hybridized carbons (Fsp3) is 0.286. The number of hydrogen-bond donors (Lipinski definition) is 0. The normalized spacial score (nSPS) is 17.6. The SMILES string of the molecule is CC1=CCOC1c1cn(S(=O)(=O)c2ccccn2)c2cc(C(C)C)ccc12. The first-order valence-electron chi connectivity index (χ1n) is 8.99. The van der Waals surface area contributed by atoms with Gasteiger partial charge in [0.25, 0.3) is 10.0 Å². The van der Waals surface area contributed by atoms with E-state index in [4.69, 9.17) is 4.74 Å². The highest BCUT2D eigenvalue weighted by molar-refractivity contribution is 7.90. The molecule has 0 aliphatic carbocycles. The molecule has 1 unspecified atom stereocenters. The highest BCUT2D eigenvalue weighted by atomic mass is 32.2. The molecule has 0 spiro atoms. The molecule has 0 amide bonds. The maximum atomic E-state index is 13.3. The average molecular weight is 382 g/mol. The predicted molar refractivity (Wildman–Crippen MR) is 105 cm³/mol. The van der Waals surface area contributed by atoms with Crippen molar-refractivity contribution in [2.45, 2.75) is 37.8 Å². The van der Waals surface area contributed by atoms with E-state index in [9.17, 15) is 8.42 Å². The smallest absolute Gasteiger partial charge is 0.285 e. The molecule has 27 heavy (non-hydrogen) atoms. The van der Waals surface area contributed by atoms with Crippen molar-refractivity contribution in [3.8, 4) is 0 Å². The summed E-state index contributed by atoms with van der Waals surface area (Å²) in [5, 5.41) is 0.918. The van der Waals surface area contributed by atoms with Crippen LogP contribution < -0.4 is 0 Å². The maximum Gasteiger partial charge on any atom is 0.285 e. The van der Waals surface area contributed by atoms with E-state index < -0.39 is 10.0 Å². The minimum absolute atomic E-state index is 0.0306. The lowest BCUT2D eigenvalue weighted by Gasteiger charge is -2.11. The van der Waals surface area contributed by atoms with Gasteiger partial charge in [-0.2, -0.15) is 8.42 Å². The third kappa shape index (κ3) is 2.99. The van der Waals surface area contributed by atoms with Crippen molar-refractivity contribution < 1.29 is 13.2 Å². The van der Waals surface area contributed by atoms with Crippen LogP contribution in [0, 0.1) is 0 Å². The fourth-order valence-corrected chi connectivity index (χ4v) is 4.77. The highest BCUT2D eigenvalue weighted by Gasteiger charge is 2.28. The predicted octanol–water partition coefficient (Wildman–Crippen LogP) is 4.41. The molecule has 0 fully saturated rings. The van der Waals surface area contributed by atoms with E-state index in [1.165, 1.54) is 16.2 Å². The summed E-state index contributed by atoms with van der Waals surface area (Å²) in [5.41, 5.74) is 3.71. The molecule has 1 aliphatic rings. The number of rotatable bonds is 4. The zero-order valence-corrected chi connectivity index (χ0v) is 16.4. The Morgan fingerprint density at radius 2 is 2.04 bits per heavy atom. The molecular formula is C21H22N2O3S. The summed E-state index contributed by atoms with van der Waals surface area (Å²) in [4.78, 5) is 4.06. The molecule has 3 heterocycles. The summed E-state index contributed by atoms with van der Waals surface area (Å²) in [6.07, 6.45) is 4.99. The van der Waals surface area contributed by atoms with Crippen LogP contribution in [-0.2, 0) is 14.8 Å². The minimum atomic E-state index is -3.80. The monoisotopic (exact) mass is 382 g/mol. The van der Waals surface area contributed by atoms with E-state index in [-0.39, 0.29) is 11.1 Å². The van der Waals surface area contributed by atoms with Crippen molar-refractivity contribution in [2.75, 3.05) is 6.61 Å². The molecule has 0 saturated carbocycles. The molecule has 4 rings (SSSR count). The Balaban J connectivity index is 1.99. The second kappa shape index (κ2) is 6.62. The standard InChI is InChI=1S/C21H22N2O3S/c1-14(2)16-7-8-17-18(21-15(3)9-11-26-21)13-23(19(17)12-16)27(24,25)20-6-4-5-10-22-20/h4-10,12-14,21H,11H2,1-3H3. The Kier molecular flexibility index (Phi) is 4.40. The van der Waals surface area contributed by atoms with Gasteiger partial charge in [-0.25, -0.2) is 8.96 Å². The van der Waals surface area contributed by atoms with Crippen LogP contribution in [0.2, 0.25) is 0 Å². The zero-order valence-electron chi connectivity index (χ0n) is 15.6. The molecule has 6 heteroatoms. The van der Waals surface area contributed by atoms with Crippen LogP contribution in [0.25, 0.3) is 10.9 Å². The van der Waals surface area contributed by atoms with E-state index in [2.05, 4.69) is 24.9 Å². The molecule has 3 aromatic rings. The Morgan fingerprint density at radius 1 is 1.22 bits per heavy atom. The van der Waals surface area contributed by atoms with Gasteiger partial charge < -0.3 is 4.74 Å². The molecule has 0 bridgehead atoms. The molecule has 2 aromatic heterocycles. The summed E-state index contributed by atoms with van der Waals surface area (Å²) in [6, 6.07) is 10.9. The van der Waals surface area contributed by atoms with Gasteiger partial charge in [-0.3, -0.25) is 0 Å². The lowest BCUT2D eigenvalue weighted by atomic mass is 9.99. The Labute approximate surface area is 159 Å². The Morgan fingerprint density at radius 3 is 2.67 bits per heavy atom. The quantitative estimate of drug-likeness (QED) is 0.627. The first kappa shape index (κ1) is 17.9. The first-order valence-corrected chi connectivity index (χ1v) is 10.4. The summed E-state index contributed by atoms with van der Waals surface area (Å²) in [5.74, 6) is 0.295. The zero-order chi connectivity index (χ0) is 19.2. The molecule has 0 saturated heterocycles. The van der Waals surface area contributed by atoms with E-state index in [1.807, 2.05) is 25.1 Å². The highest BCUT2D eigenvalue weighted by Crippen LogP contribution is 2.37. The average Bonchev–Trinajstić information content (AvgIpc) is 3.25. The molecule has 1 aliphatic heterocycles. The van der Waals surface area contributed by atoms with Crippen molar-refractivity contribution >= 4 is 20.9 Å². The number of hydrogen-bond acceptors (Lipinski definition) is 4. The summed E-state index contributed by atoms with van der Waals surface area (Å²) >= 11 is 0. The van der Waals surface area contributed by atoms with Gasteiger partial charge in [-0.05, 0) is 42.2 Å². The minimum Gasteiger partial charge on any atom is -0.365 e. The topological polar surface area (TPSA) is 61.2 Å². The number of fused-ring (bicyclic) bond motifs is 1. The van der Waals surface area contributed by atoms with Gasteiger partial charge in [0.05, 0.1) is 12.1 Å². The van der Waals surface area contributed by atoms with Crippen LogP contribution in [0.4, 0.5) is 0 Å². The van der Waals surface area contributed by atoms with Crippen molar-refractivity contribution in [3.63, 3.8) is 0 Å². The number of benzene rings is 1. The van der Waals surface area contributed by atoms with Crippen LogP contribution in [0.1, 0.15) is 43.9 Å². The van der Waals surface area contributed by atoms with Gasteiger partial charge in [-0.1, -0.05) is 38.1 Å². The number of nitrogens with zero attached hydrogens (tertiary/aromatic N) is 2. The largest absolute Gasteiger partial charge is 0.365 e. The lowest BCUT2D eigenvalue weighted by Crippen LogP contribution is -2.13. The molecule has 5 nitrogen and oxygen atoms in total. The summed E-state index contributed by atoms with van der Waals surface area (Å²) < 4.78 is 33.8. The van der Waals surface area contributed by atoms with Crippen molar-refractivity contribution in [1.29, 1.82) is 0 Å². The van der Waals surface area contributed by atoms with Crippen LogP contribution in [0.3, 0.4) is 0 Å². The molecule has 1 atom stereocenters. The van der Waals surface area contributed by atoms with Gasteiger partial charge in [0.1, 0.15) is 6.10 Å².